The smallest absolute Gasteiger partial charge is 0.331 e. The van der Waals surface area contributed by atoms with Gasteiger partial charge in [-0.05, 0) is 17.5 Å². The van der Waals surface area contributed by atoms with E-state index in [1.165, 1.54) is 24.5 Å². The van der Waals surface area contributed by atoms with Crippen LogP contribution in [-0.2, 0) is 14.3 Å². The molecule has 0 bridgehead atoms. The van der Waals surface area contributed by atoms with Crippen molar-refractivity contribution in [1.29, 1.82) is 0 Å². The van der Waals surface area contributed by atoms with E-state index >= 15 is 0 Å². The summed E-state index contributed by atoms with van der Waals surface area (Å²) in [6, 6.07) is 3.05. The van der Waals surface area contributed by atoms with Gasteiger partial charge in [0.05, 0.1) is 0 Å². The molecule has 2 N–H and O–H groups in total. The Kier molecular flexibility index (Phi) is 5.59. The number of carbonyl (C=O) groups is 3. The van der Waals surface area contributed by atoms with Crippen molar-refractivity contribution in [2.75, 3.05) is 13.7 Å². The first-order valence-electron chi connectivity index (χ1n) is 5.01. The van der Waals surface area contributed by atoms with Gasteiger partial charge < -0.3 is 10.1 Å². The molecule has 0 aliphatic rings. The van der Waals surface area contributed by atoms with Gasteiger partial charge >= 0.3 is 12.0 Å². The molecule has 0 unspecified atom stereocenters. The van der Waals surface area contributed by atoms with Gasteiger partial charge in [-0.2, -0.15) is 0 Å². The number of thiophene rings is 1. The summed E-state index contributed by atoms with van der Waals surface area (Å²) >= 11 is 1.47. The summed E-state index contributed by atoms with van der Waals surface area (Å²) in [6.07, 6.45) is 2.81. The van der Waals surface area contributed by atoms with Crippen LogP contribution in [0, 0.1) is 0 Å². The normalized spacial score (nSPS) is 10.1. The van der Waals surface area contributed by atoms with E-state index < -0.39 is 24.5 Å². The van der Waals surface area contributed by atoms with Gasteiger partial charge in [0.25, 0.3) is 5.91 Å². The Labute approximate surface area is 108 Å². The largest absolute Gasteiger partial charge is 0.452 e. The number of carbonyl (C=O) groups excluding carboxylic acids is 3. The number of esters is 1. The summed E-state index contributed by atoms with van der Waals surface area (Å²) < 4.78 is 4.63. The monoisotopic (exact) mass is 268 g/mol. The first-order chi connectivity index (χ1) is 8.61. The van der Waals surface area contributed by atoms with Crippen molar-refractivity contribution in [1.82, 2.24) is 10.6 Å². The number of hydrogen-bond donors (Lipinski definition) is 2. The third kappa shape index (κ3) is 5.26. The van der Waals surface area contributed by atoms with Crippen LogP contribution < -0.4 is 10.6 Å². The lowest BCUT2D eigenvalue weighted by Crippen LogP contribution is -2.39. The number of rotatable bonds is 4. The Morgan fingerprint density at radius 2 is 2.22 bits per heavy atom. The first kappa shape index (κ1) is 13.9. The summed E-state index contributed by atoms with van der Waals surface area (Å²) in [6.45, 7) is -0.499. The molecule has 6 nitrogen and oxygen atoms in total. The summed E-state index contributed by atoms with van der Waals surface area (Å²) in [5.41, 5.74) is 0. The van der Waals surface area contributed by atoms with Crippen molar-refractivity contribution >= 4 is 35.3 Å². The molecule has 7 heteroatoms. The molecule has 1 aromatic heterocycles. The molecule has 96 valence electrons. The predicted molar refractivity (Wildman–Crippen MR) is 66.9 cm³/mol. The lowest BCUT2D eigenvalue weighted by atomic mass is 10.4. The minimum atomic E-state index is -0.688. The van der Waals surface area contributed by atoms with Crippen molar-refractivity contribution in [3.8, 4) is 0 Å². The fourth-order valence-electron chi connectivity index (χ4n) is 0.946. The highest BCUT2D eigenvalue weighted by Crippen LogP contribution is 2.09. The van der Waals surface area contributed by atoms with E-state index in [2.05, 4.69) is 10.1 Å². The molecule has 0 aliphatic heterocycles. The molecule has 0 aromatic carbocycles. The van der Waals surface area contributed by atoms with Gasteiger partial charge in [0.15, 0.2) is 6.61 Å². The van der Waals surface area contributed by atoms with E-state index in [9.17, 15) is 14.4 Å². The number of hydrogen-bond acceptors (Lipinski definition) is 5. The van der Waals surface area contributed by atoms with Crippen LogP contribution in [0.2, 0.25) is 0 Å². The third-order valence-corrected chi connectivity index (χ3v) is 2.59. The Morgan fingerprint density at radius 1 is 1.44 bits per heavy atom. The second kappa shape index (κ2) is 7.23. The van der Waals surface area contributed by atoms with Gasteiger partial charge in [0, 0.05) is 18.0 Å². The maximum atomic E-state index is 11.2. The Morgan fingerprint density at radius 3 is 2.83 bits per heavy atom. The third-order valence-electron chi connectivity index (χ3n) is 1.75. The SMILES string of the molecule is CNC(=O)NC(=O)COC(=O)/C=C/c1cccs1. The van der Waals surface area contributed by atoms with Crippen molar-refractivity contribution in [3.63, 3.8) is 0 Å². The summed E-state index contributed by atoms with van der Waals surface area (Å²) in [5, 5.41) is 6.05. The van der Waals surface area contributed by atoms with E-state index in [1.807, 2.05) is 22.8 Å². The van der Waals surface area contributed by atoms with E-state index in [0.717, 1.165) is 4.88 Å². The fourth-order valence-corrected chi connectivity index (χ4v) is 1.56. The lowest BCUT2D eigenvalue weighted by Gasteiger charge is -2.02. The molecule has 0 spiro atoms. The molecule has 0 radical (unpaired) electrons. The van der Waals surface area contributed by atoms with Crippen LogP contribution in [0.3, 0.4) is 0 Å². The fraction of sp³-hybridized carbons (Fsp3) is 0.182. The van der Waals surface area contributed by atoms with Gasteiger partial charge in [-0.3, -0.25) is 10.1 Å². The maximum absolute atomic E-state index is 11.2. The second-order valence-electron chi connectivity index (χ2n) is 3.08. The number of nitrogens with one attached hydrogen (secondary N) is 2. The van der Waals surface area contributed by atoms with E-state index in [4.69, 9.17) is 0 Å². The van der Waals surface area contributed by atoms with Crippen LogP contribution in [0.5, 0.6) is 0 Å². The van der Waals surface area contributed by atoms with Crippen LogP contribution in [0.25, 0.3) is 6.08 Å². The van der Waals surface area contributed by atoms with Gasteiger partial charge in [-0.1, -0.05) is 6.07 Å². The zero-order valence-electron chi connectivity index (χ0n) is 9.64. The Bertz CT molecular complexity index is 454. The molecule has 0 atom stereocenters. The van der Waals surface area contributed by atoms with Gasteiger partial charge in [0.2, 0.25) is 0 Å². The van der Waals surface area contributed by atoms with Crippen molar-refractivity contribution in [2.45, 2.75) is 0 Å². The minimum absolute atomic E-state index is 0.499. The summed E-state index contributed by atoms with van der Waals surface area (Å²) in [7, 11) is 1.37. The van der Waals surface area contributed by atoms with Crippen LogP contribution in [0.1, 0.15) is 4.88 Å². The molecule has 0 saturated heterocycles. The molecular weight excluding hydrogens is 256 g/mol. The number of ether oxygens (including phenoxy) is 1. The van der Waals surface area contributed by atoms with Crippen LogP contribution in [0.15, 0.2) is 23.6 Å². The van der Waals surface area contributed by atoms with Gasteiger partial charge in [-0.15, -0.1) is 11.3 Å². The topological polar surface area (TPSA) is 84.5 Å². The Balaban J connectivity index is 2.29. The maximum Gasteiger partial charge on any atom is 0.331 e. The average molecular weight is 268 g/mol. The van der Waals surface area contributed by atoms with E-state index in [0.29, 0.717) is 0 Å². The molecule has 0 saturated carbocycles. The number of imide groups is 1. The van der Waals surface area contributed by atoms with Crippen molar-refractivity contribution in [3.05, 3.63) is 28.5 Å². The number of amides is 3. The lowest BCUT2D eigenvalue weighted by molar-refractivity contribution is -0.143. The highest BCUT2D eigenvalue weighted by atomic mass is 32.1. The average Bonchev–Trinajstić information content (AvgIpc) is 2.86. The molecule has 1 heterocycles. The Hall–Kier alpha value is -2.15. The van der Waals surface area contributed by atoms with E-state index in [-0.39, 0.29) is 0 Å². The van der Waals surface area contributed by atoms with Crippen LogP contribution >= 0.6 is 11.3 Å². The highest BCUT2D eigenvalue weighted by molar-refractivity contribution is 7.10. The van der Waals surface area contributed by atoms with Gasteiger partial charge in [0.1, 0.15) is 0 Å². The van der Waals surface area contributed by atoms with Crippen LogP contribution in [0.4, 0.5) is 4.79 Å². The molecule has 18 heavy (non-hydrogen) atoms. The van der Waals surface area contributed by atoms with Crippen LogP contribution in [-0.4, -0.2) is 31.6 Å². The summed E-state index contributed by atoms with van der Waals surface area (Å²) in [5.74, 6) is -1.33. The molecule has 1 rings (SSSR count). The first-order valence-corrected chi connectivity index (χ1v) is 5.89. The predicted octanol–water partition coefficient (Wildman–Crippen LogP) is 0.760. The molecule has 0 fully saturated rings. The molecule has 1 aromatic rings. The van der Waals surface area contributed by atoms with Crippen molar-refractivity contribution in [2.24, 2.45) is 0 Å². The zero-order chi connectivity index (χ0) is 13.4. The highest BCUT2D eigenvalue weighted by Gasteiger charge is 2.07. The second-order valence-corrected chi connectivity index (χ2v) is 4.06. The summed E-state index contributed by atoms with van der Waals surface area (Å²) in [4.78, 5) is 33.9. The van der Waals surface area contributed by atoms with E-state index in [1.54, 1.807) is 6.08 Å². The molecule has 3 amide bonds. The molecular formula is C11H12N2O4S. The quantitative estimate of drug-likeness (QED) is 0.623. The zero-order valence-corrected chi connectivity index (χ0v) is 10.5. The van der Waals surface area contributed by atoms with Gasteiger partial charge in [-0.25, -0.2) is 9.59 Å². The minimum Gasteiger partial charge on any atom is -0.452 e. The number of urea groups is 1. The standard InChI is InChI=1S/C11H12N2O4S/c1-12-11(16)13-9(14)7-17-10(15)5-4-8-3-2-6-18-8/h2-6H,7H2,1H3,(H2,12,13,14,16)/b5-4+. The van der Waals surface area contributed by atoms with Crippen molar-refractivity contribution < 1.29 is 19.1 Å². The molecule has 0 aliphatic carbocycles.